The summed E-state index contributed by atoms with van der Waals surface area (Å²) in [6.45, 7) is 7.93. The Morgan fingerprint density at radius 1 is 1.20 bits per heavy atom. The number of amides is 1. The molecule has 0 saturated heterocycles. The van der Waals surface area contributed by atoms with Crippen molar-refractivity contribution in [2.45, 2.75) is 64.8 Å². The van der Waals surface area contributed by atoms with Gasteiger partial charge in [0.1, 0.15) is 5.75 Å². The van der Waals surface area contributed by atoms with Gasteiger partial charge >= 0.3 is 0 Å². The molecule has 0 aliphatic carbocycles. The van der Waals surface area contributed by atoms with Crippen LogP contribution in [0, 0.1) is 5.92 Å². The minimum atomic E-state index is -3.55. The zero-order valence-electron chi connectivity index (χ0n) is 24.2. The number of pyridine rings is 1. The number of nitrogens with one attached hydrogen (secondary N) is 1. The standard InChI is InChI=1S/C29H44N4O6S/c1-21-17-33(22(2)20-34)29(35)26-16-25(31-40(5,36)37)9-10-27(26)39-23(3)8-6-7-15-38-28(21)19-32(4)18-24-11-13-30-14-12-24/h9-14,16,21-23,28,31,34H,6-8,15,17-20H2,1-5H3/t21-,22+,23-,28-/m0/s1. The van der Waals surface area contributed by atoms with Crippen molar-refractivity contribution < 1.29 is 27.8 Å². The maximum atomic E-state index is 14.0. The monoisotopic (exact) mass is 576 g/mol. The molecule has 3 rings (SSSR count). The van der Waals surface area contributed by atoms with Crippen molar-refractivity contribution in [1.82, 2.24) is 14.8 Å². The predicted octanol–water partition coefficient (Wildman–Crippen LogP) is 3.38. The molecule has 1 aromatic carbocycles. The summed E-state index contributed by atoms with van der Waals surface area (Å²) in [5.74, 6) is -0.00334. The van der Waals surface area contributed by atoms with Gasteiger partial charge in [-0.1, -0.05) is 6.92 Å². The zero-order chi connectivity index (χ0) is 29.3. The van der Waals surface area contributed by atoms with Crippen molar-refractivity contribution in [1.29, 1.82) is 0 Å². The molecular formula is C29H44N4O6S. The van der Waals surface area contributed by atoms with Crippen LogP contribution in [0.15, 0.2) is 42.7 Å². The van der Waals surface area contributed by atoms with Gasteiger partial charge in [0.05, 0.1) is 36.7 Å². The van der Waals surface area contributed by atoms with E-state index in [1.54, 1.807) is 36.4 Å². The highest BCUT2D eigenvalue weighted by molar-refractivity contribution is 7.92. The second-order valence-corrected chi connectivity index (χ2v) is 12.7. The number of benzene rings is 1. The second kappa shape index (κ2) is 14.8. The third-order valence-electron chi connectivity index (χ3n) is 7.05. The predicted molar refractivity (Wildman–Crippen MR) is 156 cm³/mol. The molecule has 1 amide bonds. The summed E-state index contributed by atoms with van der Waals surface area (Å²) >= 11 is 0. The Bertz CT molecular complexity index is 1200. The van der Waals surface area contributed by atoms with Crippen LogP contribution in [0.25, 0.3) is 0 Å². The highest BCUT2D eigenvalue weighted by Crippen LogP contribution is 2.29. The summed E-state index contributed by atoms with van der Waals surface area (Å²) in [5.41, 5.74) is 1.67. The van der Waals surface area contributed by atoms with E-state index in [1.165, 1.54) is 6.07 Å². The lowest BCUT2D eigenvalue weighted by Crippen LogP contribution is -2.47. The van der Waals surface area contributed by atoms with Crippen LogP contribution >= 0.6 is 0 Å². The van der Waals surface area contributed by atoms with Crippen molar-refractivity contribution in [3.63, 3.8) is 0 Å². The molecule has 4 atom stereocenters. The molecule has 0 unspecified atom stereocenters. The van der Waals surface area contributed by atoms with Gasteiger partial charge in [-0.25, -0.2) is 8.42 Å². The van der Waals surface area contributed by atoms with E-state index in [1.807, 2.05) is 26.1 Å². The number of aliphatic hydroxyl groups excluding tert-OH is 1. The van der Waals surface area contributed by atoms with E-state index in [0.717, 1.165) is 37.6 Å². The molecule has 2 heterocycles. The summed E-state index contributed by atoms with van der Waals surface area (Å²) < 4.78 is 38.8. The molecule has 1 aromatic heterocycles. The summed E-state index contributed by atoms with van der Waals surface area (Å²) in [7, 11) is -1.50. The smallest absolute Gasteiger partial charge is 0.258 e. The second-order valence-electron chi connectivity index (χ2n) is 10.9. The number of carbonyl (C=O) groups is 1. The molecular weight excluding hydrogens is 532 g/mol. The Morgan fingerprint density at radius 2 is 1.93 bits per heavy atom. The molecule has 11 heteroatoms. The molecule has 1 aliphatic heterocycles. The number of aromatic nitrogens is 1. The number of hydrogen-bond donors (Lipinski definition) is 2. The summed E-state index contributed by atoms with van der Waals surface area (Å²) in [5, 5.41) is 10.1. The number of carbonyl (C=O) groups excluding carboxylic acids is 1. The van der Waals surface area contributed by atoms with Gasteiger partial charge in [0.25, 0.3) is 5.91 Å². The lowest BCUT2D eigenvalue weighted by atomic mass is 10.0. The quantitative estimate of drug-likeness (QED) is 0.491. The number of rotatable bonds is 8. The van der Waals surface area contributed by atoms with Gasteiger partial charge in [-0.3, -0.25) is 19.4 Å². The van der Waals surface area contributed by atoms with Crippen molar-refractivity contribution in [2.24, 2.45) is 5.92 Å². The van der Waals surface area contributed by atoms with E-state index in [9.17, 15) is 18.3 Å². The van der Waals surface area contributed by atoms with E-state index in [-0.39, 0.29) is 41.9 Å². The number of ether oxygens (including phenoxy) is 2. The highest BCUT2D eigenvalue weighted by Gasteiger charge is 2.30. The molecule has 0 saturated carbocycles. The highest BCUT2D eigenvalue weighted by atomic mass is 32.2. The lowest BCUT2D eigenvalue weighted by Gasteiger charge is -2.36. The van der Waals surface area contributed by atoms with Gasteiger partial charge < -0.3 is 19.5 Å². The first-order valence-electron chi connectivity index (χ1n) is 13.9. The van der Waals surface area contributed by atoms with E-state index in [2.05, 4.69) is 21.5 Å². The normalized spacial score (nSPS) is 22.2. The minimum Gasteiger partial charge on any atom is -0.490 e. The SMILES string of the molecule is C[C@H](CO)N1C[C@H](C)[C@H](CN(C)Cc2ccncc2)OCCCC[C@H](C)Oc2ccc(NS(C)(=O)=O)cc2C1=O. The lowest BCUT2D eigenvalue weighted by molar-refractivity contribution is -0.0177. The average Bonchev–Trinajstić information content (AvgIpc) is 2.90. The molecule has 2 aromatic rings. The van der Waals surface area contributed by atoms with Crippen LogP contribution in [0.2, 0.25) is 0 Å². The summed E-state index contributed by atoms with van der Waals surface area (Å²) in [6.07, 6.45) is 6.87. The van der Waals surface area contributed by atoms with Crippen molar-refractivity contribution in [2.75, 3.05) is 44.3 Å². The first kappa shape index (κ1) is 31.8. The molecule has 0 fully saturated rings. The van der Waals surface area contributed by atoms with Crippen LogP contribution < -0.4 is 9.46 Å². The van der Waals surface area contributed by atoms with Gasteiger partial charge in [-0.2, -0.15) is 0 Å². The number of aliphatic hydroxyl groups is 1. The first-order chi connectivity index (χ1) is 19.0. The van der Waals surface area contributed by atoms with E-state index in [4.69, 9.17) is 9.47 Å². The van der Waals surface area contributed by atoms with E-state index >= 15 is 0 Å². The third kappa shape index (κ3) is 9.72. The molecule has 10 nitrogen and oxygen atoms in total. The van der Waals surface area contributed by atoms with Crippen LogP contribution in [-0.4, -0.2) is 92.1 Å². The van der Waals surface area contributed by atoms with Gasteiger partial charge in [0.15, 0.2) is 0 Å². The van der Waals surface area contributed by atoms with Crippen LogP contribution in [0.1, 0.15) is 56.0 Å². The minimum absolute atomic E-state index is 0.0543. The summed E-state index contributed by atoms with van der Waals surface area (Å²) in [6, 6.07) is 8.24. The third-order valence-corrected chi connectivity index (χ3v) is 7.65. The molecule has 0 spiro atoms. The summed E-state index contributed by atoms with van der Waals surface area (Å²) in [4.78, 5) is 22.0. The number of sulfonamides is 1. The molecule has 222 valence electrons. The van der Waals surface area contributed by atoms with Crippen molar-refractivity contribution >= 4 is 21.6 Å². The Labute approximate surface area is 238 Å². The molecule has 0 radical (unpaired) electrons. The maximum Gasteiger partial charge on any atom is 0.258 e. The Hall–Kier alpha value is -2.73. The van der Waals surface area contributed by atoms with Crippen LogP contribution in [0.5, 0.6) is 5.75 Å². The van der Waals surface area contributed by atoms with Crippen LogP contribution in [-0.2, 0) is 21.3 Å². The topological polar surface area (TPSA) is 121 Å². The number of anilines is 1. The fourth-order valence-corrected chi connectivity index (χ4v) is 5.39. The van der Waals surface area contributed by atoms with Gasteiger partial charge in [0, 0.05) is 50.2 Å². The first-order valence-corrected chi connectivity index (χ1v) is 15.7. The van der Waals surface area contributed by atoms with E-state index < -0.39 is 16.1 Å². The van der Waals surface area contributed by atoms with Gasteiger partial charge in [-0.15, -0.1) is 0 Å². The van der Waals surface area contributed by atoms with Crippen molar-refractivity contribution in [3.8, 4) is 5.75 Å². The molecule has 0 bridgehead atoms. The largest absolute Gasteiger partial charge is 0.490 e. The molecule has 1 aliphatic rings. The fraction of sp³-hybridized carbons (Fsp3) is 0.586. The number of fused-ring (bicyclic) bond motifs is 1. The maximum absolute atomic E-state index is 14.0. The average molecular weight is 577 g/mol. The van der Waals surface area contributed by atoms with E-state index in [0.29, 0.717) is 25.4 Å². The molecule has 2 N–H and O–H groups in total. The Morgan fingerprint density at radius 3 is 2.60 bits per heavy atom. The van der Waals surface area contributed by atoms with Crippen molar-refractivity contribution in [3.05, 3.63) is 53.9 Å². The van der Waals surface area contributed by atoms with Crippen LogP contribution in [0.3, 0.4) is 0 Å². The Balaban J connectivity index is 1.92. The number of nitrogens with zero attached hydrogens (tertiary/aromatic N) is 3. The fourth-order valence-electron chi connectivity index (χ4n) is 4.83. The Kier molecular flexibility index (Phi) is 11.7. The molecule has 40 heavy (non-hydrogen) atoms. The van der Waals surface area contributed by atoms with Crippen LogP contribution in [0.4, 0.5) is 5.69 Å². The number of hydrogen-bond acceptors (Lipinski definition) is 8. The van der Waals surface area contributed by atoms with Gasteiger partial charge in [-0.05, 0) is 76.1 Å². The van der Waals surface area contributed by atoms with Gasteiger partial charge in [0.2, 0.25) is 10.0 Å². The zero-order valence-corrected chi connectivity index (χ0v) is 25.1. The number of likely N-dealkylation sites (N-methyl/N-ethyl adjacent to an activating group) is 1.